The number of carbonyl (C=O) groups is 1. The van der Waals surface area contributed by atoms with Gasteiger partial charge in [0.25, 0.3) is 0 Å². The Hall–Kier alpha value is -1.91. The van der Waals surface area contributed by atoms with Gasteiger partial charge in [-0.2, -0.15) is 0 Å². The Morgan fingerprint density at radius 1 is 0.381 bits per heavy atom. The monoisotopic (exact) mass is 880 g/mol. The van der Waals surface area contributed by atoms with Crippen LogP contribution in [0.25, 0.3) is 0 Å². The van der Waals surface area contributed by atoms with E-state index in [0.29, 0.717) is 6.42 Å². The third-order valence-electron chi connectivity index (χ3n) is 12.7. The van der Waals surface area contributed by atoms with Gasteiger partial charge in [-0.15, -0.1) is 0 Å². The third-order valence-corrected chi connectivity index (χ3v) is 12.7. The highest BCUT2D eigenvalue weighted by Gasteiger charge is 2.18. The first-order valence-corrected chi connectivity index (χ1v) is 28.0. The van der Waals surface area contributed by atoms with Crippen LogP contribution in [-0.2, 0) is 4.79 Å². The summed E-state index contributed by atoms with van der Waals surface area (Å²) in [5.74, 6) is -0.0751. The van der Waals surface area contributed by atoms with E-state index in [-0.39, 0.29) is 12.5 Å². The minimum absolute atomic E-state index is 0.0751. The predicted molar refractivity (Wildman–Crippen MR) is 281 cm³/mol. The van der Waals surface area contributed by atoms with Crippen LogP contribution >= 0.6 is 0 Å². The molecule has 0 fully saturated rings. The number of unbranched alkanes of at least 4 members (excludes halogenated alkanes) is 36. The molecule has 1 amide bonds. The lowest BCUT2D eigenvalue weighted by atomic mass is 10.0. The van der Waals surface area contributed by atoms with Gasteiger partial charge in [-0.1, -0.05) is 267 Å². The Kier molecular flexibility index (Phi) is 52.8. The summed E-state index contributed by atoms with van der Waals surface area (Å²) < 4.78 is 0. The van der Waals surface area contributed by atoms with E-state index in [1.165, 1.54) is 225 Å². The van der Waals surface area contributed by atoms with E-state index in [0.717, 1.165) is 44.9 Å². The van der Waals surface area contributed by atoms with Crippen molar-refractivity contribution >= 4 is 5.91 Å². The van der Waals surface area contributed by atoms with Crippen molar-refractivity contribution in [2.24, 2.45) is 0 Å². The van der Waals surface area contributed by atoms with Gasteiger partial charge in [-0.3, -0.25) is 4.79 Å². The molecular formula is C59H109NO3. The van der Waals surface area contributed by atoms with Gasteiger partial charge < -0.3 is 15.5 Å². The number of nitrogens with one attached hydrogen (secondary N) is 1. The Balaban J connectivity index is 3.46. The number of hydrogen-bond acceptors (Lipinski definition) is 3. The summed E-state index contributed by atoms with van der Waals surface area (Å²) in [5, 5.41) is 23.1. The summed E-state index contributed by atoms with van der Waals surface area (Å²) >= 11 is 0. The normalized spacial score (nSPS) is 13.3. The van der Waals surface area contributed by atoms with Crippen molar-refractivity contribution in [3.8, 4) is 0 Å². The molecule has 0 saturated carbocycles. The number of aliphatic hydroxyl groups excluding tert-OH is 2. The molecule has 0 heterocycles. The maximum atomic E-state index is 12.4. The molecule has 368 valence electrons. The van der Waals surface area contributed by atoms with Crippen LogP contribution in [0.15, 0.2) is 60.8 Å². The molecule has 0 bridgehead atoms. The Labute approximate surface area is 394 Å². The first kappa shape index (κ1) is 61.1. The zero-order valence-corrected chi connectivity index (χ0v) is 42.3. The maximum Gasteiger partial charge on any atom is 0.220 e. The standard InChI is InChI=1S/C59H109NO3/c1-3-5-7-9-11-13-15-17-19-21-22-23-24-25-26-27-28-29-30-31-32-33-34-35-36-37-38-39-41-43-45-47-49-51-53-55-59(63)60-57(56-61)58(62)54-52-50-48-46-44-42-40-20-18-16-14-12-10-8-6-4-2/h15,17-18,20-22,44,46,52,54,57-58,61-62H,3-14,16,19,23-43,45,47-51,53,55-56H2,1-2H3,(H,60,63)/b17-15-,20-18+,22-21-,46-44+,54-52+. The van der Waals surface area contributed by atoms with Gasteiger partial charge in [-0.25, -0.2) is 0 Å². The predicted octanol–water partition coefficient (Wildman–Crippen LogP) is 18.4. The second-order valence-electron chi connectivity index (χ2n) is 19.0. The van der Waals surface area contributed by atoms with Gasteiger partial charge >= 0.3 is 0 Å². The van der Waals surface area contributed by atoms with Crippen molar-refractivity contribution in [2.75, 3.05) is 6.61 Å². The van der Waals surface area contributed by atoms with Gasteiger partial charge in [-0.05, 0) is 77.0 Å². The van der Waals surface area contributed by atoms with Crippen molar-refractivity contribution in [3.05, 3.63) is 60.8 Å². The molecule has 3 N–H and O–H groups in total. The fourth-order valence-corrected chi connectivity index (χ4v) is 8.42. The highest BCUT2D eigenvalue weighted by molar-refractivity contribution is 5.76. The number of aliphatic hydroxyl groups is 2. The largest absolute Gasteiger partial charge is 0.394 e. The first-order chi connectivity index (χ1) is 31.2. The summed E-state index contributed by atoms with van der Waals surface area (Å²) in [6.07, 6.45) is 76.8. The average molecular weight is 881 g/mol. The Bertz CT molecular complexity index is 1040. The Morgan fingerprint density at radius 3 is 1.02 bits per heavy atom. The second kappa shape index (κ2) is 54.4. The summed E-state index contributed by atoms with van der Waals surface area (Å²) in [7, 11) is 0. The van der Waals surface area contributed by atoms with Gasteiger partial charge in [0, 0.05) is 6.42 Å². The summed E-state index contributed by atoms with van der Waals surface area (Å²) in [5.41, 5.74) is 0. The molecular weight excluding hydrogens is 771 g/mol. The number of carbonyl (C=O) groups excluding carboxylic acids is 1. The highest BCUT2D eigenvalue weighted by atomic mass is 16.3. The molecule has 63 heavy (non-hydrogen) atoms. The van der Waals surface area contributed by atoms with Crippen LogP contribution in [0, 0.1) is 0 Å². The Morgan fingerprint density at radius 2 is 0.667 bits per heavy atom. The quantitative estimate of drug-likeness (QED) is 0.0421. The molecule has 4 nitrogen and oxygen atoms in total. The molecule has 0 saturated heterocycles. The fraction of sp³-hybridized carbons (Fsp3) is 0.814. The van der Waals surface area contributed by atoms with Crippen molar-refractivity contribution in [1.29, 1.82) is 0 Å². The zero-order valence-electron chi connectivity index (χ0n) is 42.3. The van der Waals surface area contributed by atoms with Crippen LogP contribution in [0.4, 0.5) is 0 Å². The van der Waals surface area contributed by atoms with Crippen LogP contribution in [-0.4, -0.2) is 34.9 Å². The molecule has 0 aliphatic heterocycles. The molecule has 0 aromatic rings. The molecule has 0 spiro atoms. The number of allylic oxidation sites excluding steroid dienone is 9. The minimum Gasteiger partial charge on any atom is -0.394 e. The number of rotatable bonds is 51. The fourth-order valence-electron chi connectivity index (χ4n) is 8.42. The van der Waals surface area contributed by atoms with E-state index in [2.05, 4.69) is 67.8 Å². The van der Waals surface area contributed by atoms with E-state index in [1.54, 1.807) is 6.08 Å². The van der Waals surface area contributed by atoms with E-state index < -0.39 is 12.1 Å². The van der Waals surface area contributed by atoms with E-state index in [9.17, 15) is 15.0 Å². The smallest absolute Gasteiger partial charge is 0.220 e. The molecule has 0 aromatic carbocycles. The summed E-state index contributed by atoms with van der Waals surface area (Å²) in [4.78, 5) is 12.4. The van der Waals surface area contributed by atoms with Gasteiger partial charge in [0.2, 0.25) is 5.91 Å². The van der Waals surface area contributed by atoms with Crippen molar-refractivity contribution in [1.82, 2.24) is 5.32 Å². The number of hydrogen-bond donors (Lipinski definition) is 3. The maximum absolute atomic E-state index is 12.4. The van der Waals surface area contributed by atoms with Gasteiger partial charge in [0.05, 0.1) is 18.8 Å². The lowest BCUT2D eigenvalue weighted by Gasteiger charge is -2.19. The lowest BCUT2D eigenvalue weighted by Crippen LogP contribution is -2.45. The summed E-state index contributed by atoms with van der Waals surface area (Å²) in [6.45, 7) is 4.29. The first-order valence-electron chi connectivity index (χ1n) is 28.0. The van der Waals surface area contributed by atoms with Crippen molar-refractivity contribution in [2.45, 2.75) is 302 Å². The van der Waals surface area contributed by atoms with Crippen LogP contribution < -0.4 is 5.32 Å². The molecule has 4 heteroatoms. The van der Waals surface area contributed by atoms with Crippen LogP contribution in [0.3, 0.4) is 0 Å². The van der Waals surface area contributed by atoms with Crippen molar-refractivity contribution in [3.63, 3.8) is 0 Å². The highest BCUT2D eigenvalue weighted by Crippen LogP contribution is 2.17. The van der Waals surface area contributed by atoms with Crippen LogP contribution in [0.2, 0.25) is 0 Å². The number of amides is 1. The molecule has 0 radical (unpaired) electrons. The lowest BCUT2D eigenvalue weighted by molar-refractivity contribution is -0.123. The molecule has 0 rings (SSSR count). The van der Waals surface area contributed by atoms with Gasteiger partial charge in [0.15, 0.2) is 0 Å². The molecule has 0 aliphatic carbocycles. The van der Waals surface area contributed by atoms with E-state index in [4.69, 9.17) is 0 Å². The topological polar surface area (TPSA) is 69.6 Å². The van der Waals surface area contributed by atoms with Crippen LogP contribution in [0.1, 0.15) is 290 Å². The molecule has 2 atom stereocenters. The second-order valence-corrected chi connectivity index (χ2v) is 19.0. The average Bonchev–Trinajstić information content (AvgIpc) is 3.29. The van der Waals surface area contributed by atoms with Crippen LogP contribution in [0.5, 0.6) is 0 Å². The molecule has 2 unspecified atom stereocenters. The van der Waals surface area contributed by atoms with E-state index >= 15 is 0 Å². The van der Waals surface area contributed by atoms with Crippen molar-refractivity contribution < 1.29 is 15.0 Å². The molecule has 0 aromatic heterocycles. The van der Waals surface area contributed by atoms with E-state index in [1.807, 2.05) is 6.08 Å². The minimum atomic E-state index is -0.870. The summed E-state index contributed by atoms with van der Waals surface area (Å²) in [6, 6.07) is -0.645. The third kappa shape index (κ3) is 50.9. The SMILES string of the molecule is CCCCCCC/C=C\C/C=C\CCCCCCCCCCCCCCCCCCCCCCCCCC(=O)NC(CO)C(O)/C=C/CC/C=C/CC/C=C/CCCCCCCC. The molecule has 0 aliphatic rings. The zero-order chi connectivity index (χ0) is 45.6. The van der Waals surface area contributed by atoms with Gasteiger partial charge in [0.1, 0.15) is 0 Å².